The first kappa shape index (κ1) is 27.5. The molecule has 1 amide bonds. The topological polar surface area (TPSA) is 118 Å². The number of likely N-dealkylation sites (tertiary alicyclic amines) is 1. The highest BCUT2D eigenvalue weighted by Crippen LogP contribution is 2.43. The van der Waals surface area contributed by atoms with Crippen molar-refractivity contribution in [3.8, 4) is 5.75 Å². The van der Waals surface area contributed by atoms with E-state index in [2.05, 4.69) is 0 Å². The van der Waals surface area contributed by atoms with Gasteiger partial charge in [-0.2, -0.15) is 17.0 Å². The smallest absolute Gasteiger partial charge is 0.409 e. The van der Waals surface area contributed by atoms with Crippen molar-refractivity contribution in [2.75, 3.05) is 66.2 Å². The molecule has 12 nitrogen and oxygen atoms in total. The second kappa shape index (κ2) is 11.5. The number of carbonyl (C=O) groups excluding carboxylic acids is 2. The SMILES string of the molecule is CCOC(=O)C12CCC(CN(C(=O)OCCOC)C1)N2S(=O)(=O)N1CCN(Oc2ccc(F)cc2)CC1. The van der Waals surface area contributed by atoms with E-state index in [1.54, 1.807) is 12.0 Å². The van der Waals surface area contributed by atoms with Crippen LogP contribution in [0.1, 0.15) is 19.8 Å². The Morgan fingerprint density at radius 2 is 1.78 bits per heavy atom. The molecule has 0 radical (unpaired) electrons. The van der Waals surface area contributed by atoms with Crippen LogP contribution in [0.25, 0.3) is 0 Å². The van der Waals surface area contributed by atoms with Gasteiger partial charge < -0.3 is 23.9 Å². The van der Waals surface area contributed by atoms with Crippen molar-refractivity contribution in [1.82, 2.24) is 18.6 Å². The van der Waals surface area contributed by atoms with Crippen LogP contribution in [0.3, 0.4) is 0 Å². The molecule has 3 aliphatic heterocycles. The second-order valence-electron chi connectivity index (χ2n) is 9.11. The summed E-state index contributed by atoms with van der Waals surface area (Å²) in [6, 6.07) is 4.98. The highest BCUT2D eigenvalue weighted by molar-refractivity contribution is 7.86. The molecule has 0 spiro atoms. The Bertz CT molecular complexity index is 1070. The molecule has 14 heteroatoms. The fraction of sp³-hybridized carbons (Fsp3) is 0.652. The largest absolute Gasteiger partial charge is 0.465 e. The zero-order valence-corrected chi connectivity index (χ0v) is 21.8. The van der Waals surface area contributed by atoms with Gasteiger partial charge in [0.1, 0.15) is 18.2 Å². The minimum atomic E-state index is -4.08. The van der Waals surface area contributed by atoms with Crippen LogP contribution in [0, 0.1) is 5.82 Å². The van der Waals surface area contributed by atoms with E-state index in [1.807, 2.05) is 0 Å². The van der Waals surface area contributed by atoms with E-state index in [-0.39, 0.29) is 71.3 Å². The molecule has 0 aromatic heterocycles. The van der Waals surface area contributed by atoms with E-state index in [0.717, 1.165) is 0 Å². The molecule has 3 fully saturated rings. The van der Waals surface area contributed by atoms with Crippen molar-refractivity contribution in [2.45, 2.75) is 31.3 Å². The Morgan fingerprint density at radius 3 is 2.43 bits per heavy atom. The van der Waals surface area contributed by atoms with Gasteiger partial charge in [-0.05, 0) is 44.0 Å². The summed E-state index contributed by atoms with van der Waals surface area (Å²) in [5.74, 6) is -0.601. The Labute approximate surface area is 215 Å². The fourth-order valence-electron chi connectivity index (χ4n) is 5.07. The van der Waals surface area contributed by atoms with Crippen LogP contribution in [0.2, 0.25) is 0 Å². The summed E-state index contributed by atoms with van der Waals surface area (Å²) in [5.41, 5.74) is -1.53. The number of rotatable bonds is 9. The lowest BCUT2D eigenvalue weighted by Crippen LogP contribution is -2.70. The molecule has 3 heterocycles. The number of esters is 1. The molecule has 4 rings (SSSR count). The number of hydrogen-bond acceptors (Lipinski definition) is 9. The quantitative estimate of drug-likeness (QED) is 0.329. The number of fused-ring (bicyclic) bond motifs is 2. The Morgan fingerprint density at radius 1 is 1.08 bits per heavy atom. The predicted octanol–water partition coefficient (Wildman–Crippen LogP) is 0.847. The molecule has 2 bridgehead atoms. The molecule has 0 aliphatic carbocycles. The first-order chi connectivity index (χ1) is 17.7. The van der Waals surface area contributed by atoms with Gasteiger partial charge in [0.05, 0.1) is 19.8 Å². The van der Waals surface area contributed by atoms with Crippen LogP contribution in [0.5, 0.6) is 5.75 Å². The van der Waals surface area contributed by atoms with Crippen molar-refractivity contribution in [3.63, 3.8) is 0 Å². The molecule has 2 unspecified atom stereocenters. The highest BCUT2D eigenvalue weighted by atomic mass is 32.2. The van der Waals surface area contributed by atoms with Gasteiger partial charge in [0, 0.05) is 45.9 Å². The number of amides is 1. The van der Waals surface area contributed by atoms with Gasteiger partial charge in [-0.25, -0.2) is 14.0 Å². The third-order valence-electron chi connectivity index (χ3n) is 6.78. The van der Waals surface area contributed by atoms with E-state index >= 15 is 0 Å². The maximum atomic E-state index is 13.9. The van der Waals surface area contributed by atoms with Crippen molar-refractivity contribution in [1.29, 1.82) is 0 Å². The van der Waals surface area contributed by atoms with E-state index in [0.29, 0.717) is 12.2 Å². The van der Waals surface area contributed by atoms with Crippen LogP contribution in [0.4, 0.5) is 9.18 Å². The number of carbonyl (C=O) groups is 2. The van der Waals surface area contributed by atoms with Crippen molar-refractivity contribution in [2.24, 2.45) is 0 Å². The standard InChI is InChI=1S/C23H33FN4O8S/c1-3-34-21(29)23-9-8-19(16-25(17-23)22(30)35-15-14-33-2)28(23)37(31,32)27-12-10-26(11-13-27)36-20-6-4-18(24)5-7-20/h4-7,19H,3,8-17H2,1-2H3. The summed E-state index contributed by atoms with van der Waals surface area (Å²) in [5, 5.41) is 1.61. The number of nitrogens with zero attached hydrogens (tertiary/aromatic N) is 4. The lowest BCUT2D eigenvalue weighted by atomic mass is 9.97. The van der Waals surface area contributed by atoms with Crippen molar-refractivity contribution in [3.05, 3.63) is 30.1 Å². The average molecular weight is 545 g/mol. The molecule has 206 valence electrons. The van der Waals surface area contributed by atoms with Gasteiger partial charge in [-0.3, -0.25) is 0 Å². The third-order valence-corrected chi connectivity index (χ3v) is 8.94. The normalized spacial score (nSPS) is 25.2. The van der Waals surface area contributed by atoms with E-state index < -0.39 is 33.9 Å². The highest BCUT2D eigenvalue weighted by Gasteiger charge is 2.63. The van der Waals surface area contributed by atoms with Gasteiger partial charge in [0.15, 0.2) is 5.54 Å². The number of benzene rings is 1. The van der Waals surface area contributed by atoms with Gasteiger partial charge in [0.2, 0.25) is 0 Å². The maximum absolute atomic E-state index is 13.9. The molecule has 0 N–H and O–H groups in total. The van der Waals surface area contributed by atoms with Crippen LogP contribution >= 0.6 is 0 Å². The van der Waals surface area contributed by atoms with E-state index in [1.165, 1.54) is 44.9 Å². The molecule has 1 aromatic carbocycles. The van der Waals surface area contributed by atoms with E-state index in [4.69, 9.17) is 19.0 Å². The molecular weight excluding hydrogens is 511 g/mol. The molecule has 0 saturated carbocycles. The second-order valence-corrected chi connectivity index (χ2v) is 10.9. The summed E-state index contributed by atoms with van der Waals surface area (Å²) in [6.07, 6.45) is 0.0277. The molecule has 3 saturated heterocycles. The summed E-state index contributed by atoms with van der Waals surface area (Å²) >= 11 is 0. The van der Waals surface area contributed by atoms with Crippen LogP contribution in [0.15, 0.2) is 24.3 Å². The van der Waals surface area contributed by atoms with Crippen LogP contribution in [-0.2, 0) is 29.2 Å². The zero-order valence-electron chi connectivity index (χ0n) is 21.0. The van der Waals surface area contributed by atoms with Crippen molar-refractivity contribution >= 4 is 22.3 Å². The van der Waals surface area contributed by atoms with Gasteiger partial charge in [-0.1, -0.05) is 0 Å². The van der Waals surface area contributed by atoms with Gasteiger partial charge in [0.25, 0.3) is 10.2 Å². The molecule has 37 heavy (non-hydrogen) atoms. The number of hydrogen-bond donors (Lipinski definition) is 0. The Balaban J connectivity index is 1.48. The summed E-state index contributed by atoms with van der Waals surface area (Å²) in [7, 11) is -2.59. The lowest BCUT2D eigenvalue weighted by Gasteiger charge is -2.47. The number of halogens is 1. The first-order valence-corrected chi connectivity index (χ1v) is 13.7. The number of methoxy groups -OCH3 is 1. The maximum Gasteiger partial charge on any atom is 0.409 e. The number of piperazine rings is 2. The minimum absolute atomic E-state index is 0.0508. The first-order valence-electron chi connectivity index (χ1n) is 12.3. The van der Waals surface area contributed by atoms with Crippen LogP contribution in [-0.4, -0.2) is 117 Å². The number of ether oxygens (including phenoxy) is 3. The fourth-order valence-corrected chi connectivity index (χ4v) is 7.15. The predicted molar refractivity (Wildman–Crippen MR) is 128 cm³/mol. The van der Waals surface area contributed by atoms with Gasteiger partial charge >= 0.3 is 12.1 Å². The average Bonchev–Trinajstić information content (AvgIpc) is 3.14. The lowest BCUT2D eigenvalue weighted by molar-refractivity contribution is -0.156. The molecule has 2 atom stereocenters. The minimum Gasteiger partial charge on any atom is -0.465 e. The zero-order chi connectivity index (χ0) is 26.6. The summed E-state index contributed by atoms with van der Waals surface area (Å²) in [6.45, 7) is 2.79. The molecule has 3 aliphatic rings. The third kappa shape index (κ3) is 5.67. The molecular formula is C23H33FN4O8S. The molecule has 1 aromatic rings. The Kier molecular flexibility index (Phi) is 8.53. The van der Waals surface area contributed by atoms with E-state index in [9.17, 15) is 22.4 Å². The summed E-state index contributed by atoms with van der Waals surface area (Å²) in [4.78, 5) is 33.0. The Hall–Kier alpha value is -2.52. The van der Waals surface area contributed by atoms with Gasteiger partial charge in [-0.15, -0.1) is 5.06 Å². The monoisotopic (exact) mass is 544 g/mol. The number of hydroxylamine groups is 2. The van der Waals surface area contributed by atoms with Crippen molar-refractivity contribution < 1.29 is 41.4 Å². The van der Waals surface area contributed by atoms with Crippen LogP contribution < -0.4 is 4.84 Å². The summed E-state index contributed by atoms with van der Waals surface area (Å²) < 4.78 is 59.0.